The third kappa shape index (κ3) is 4.18. The van der Waals surface area contributed by atoms with Crippen molar-refractivity contribution in [1.82, 2.24) is 15.5 Å². The number of morpholine rings is 1. The highest BCUT2D eigenvalue weighted by atomic mass is 16.5. The molecule has 1 unspecified atom stereocenters. The highest BCUT2D eigenvalue weighted by molar-refractivity contribution is 5.26. The summed E-state index contributed by atoms with van der Waals surface area (Å²) in [6.45, 7) is 14.7. The molecule has 0 spiro atoms. The van der Waals surface area contributed by atoms with E-state index in [1.54, 1.807) is 0 Å². The van der Waals surface area contributed by atoms with Crippen molar-refractivity contribution >= 4 is 6.01 Å². The summed E-state index contributed by atoms with van der Waals surface area (Å²) in [5.41, 5.74) is -0.167. The molecule has 0 bridgehead atoms. The Morgan fingerprint density at radius 2 is 2.05 bits per heavy atom. The van der Waals surface area contributed by atoms with Gasteiger partial charge in [-0.3, -0.25) is 0 Å². The Kier molecular flexibility index (Phi) is 4.07. The third-order valence-corrected chi connectivity index (χ3v) is 3.07. The Morgan fingerprint density at radius 1 is 1.35 bits per heavy atom. The summed E-state index contributed by atoms with van der Waals surface area (Å²) >= 11 is 0. The lowest BCUT2D eigenvalue weighted by Crippen LogP contribution is -2.52. The van der Waals surface area contributed by atoms with E-state index < -0.39 is 0 Å². The summed E-state index contributed by atoms with van der Waals surface area (Å²) in [4.78, 5) is 2.10. The van der Waals surface area contributed by atoms with Gasteiger partial charge in [0.05, 0.1) is 24.8 Å². The molecule has 0 radical (unpaired) electrons. The molecule has 1 aliphatic heterocycles. The Labute approximate surface area is 120 Å². The molecular weight excluding hydrogens is 256 g/mol. The van der Waals surface area contributed by atoms with Gasteiger partial charge >= 0.3 is 6.01 Å². The molecule has 2 heterocycles. The van der Waals surface area contributed by atoms with Crippen LogP contribution in [0, 0.1) is 0 Å². The van der Waals surface area contributed by atoms with Crippen LogP contribution in [-0.2, 0) is 11.3 Å². The Bertz CT molecular complexity index is 450. The number of aromatic nitrogens is 2. The first-order valence-electron chi connectivity index (χ1n) is 7.15. The SMILES string of the molecule is CC1CN(c2nnc(CNC(C)(C)C)o2)CC(C)(C)O1. The first-order chi connectivity index (χ1) is 9.15. The largest absolute Gasteiger partial charge is 0.407 e. The van der Waals surface area contributed by atoms with Crippen LogP contribution < -0.4 is 10.2 Å². The van der Waals surface area contributed by atoms with E-state index in [2.05, 4.69) is 62.0 Å². The van der Waals surface area contributed by atoms with E-state index in [9.17, 15) is 0 Å². The minimum atomic E-state index is -0.198. The molecule has 1 N–H and O–H groups in total. The average Bonchev–Trinajstić information content (AvgIpc) is 2.71. The molecule has 1 aromatic rings. The molecule has 0 aromatic carbocycles. The summed E-state index contributed by atoms with van der Waals surface area (Å²) in [6, 6.07) is 0.582. The van der Waals surface area contributed by atoms with Crippen LogP contribution in [0.2, 0.25) is 0 Å². The molecule has 0 saturated carbocycles. The van der Waals surface area contributed by atoms with Crippen LogP contribution in [0.3, 0.4) is 0 Å². The molecule has 20 heavy (non-hydrogen) atoms. The zero-order chi connectivity index (χ0) is 15.0. The highest BCUT2D eigenvalue weighted by Gasteiger charge is 2.33. The maximum absolute atomic E-state index is 5.88. The predicted molar refractivity (Wildman–Crippen MR) is 77.7 cm³/mol. The van der Waals surface area contributed by atoms with Crippen molar-refractivity contribution in [3.05, 3.63) is 5.89 Å². The van der Waals surface area contributed by atoms with E-state index in [0.717, 1.165) is 13.1 Å². The van der Waals surface area contributed by atoms with Crippen molar-refractivity contribution in [3.63, 3.8) is 0 Å². The fourth-order valence-corrected chi connectivity index (χ4v) is 2.38. The standard InChI is InChI=1S/C14H26N4O2/c1-10-8-18(9-14(5,6)20-10)12-17-16-11(19-12)7-15-13(2,3)4/h10,15H,7-9H2,1-6H3. The van der Waals surface area contributed by atoms with Gasteiger partial charge in [0, 0.05) is 12.1 Å². The molecule has 1 fully saturated rings. The van der Waals surface area contributed by atoms with Crippen molar-refractivity contribution in [2.75, 3.05) is 18.0 Å². The number of hydrogen-bond acceptors (Lipinski definition) is 6. The molecule has 2 rings (SSSR count). The van der Waals surface area contributed by atoms with E-state index in [-0.39, 0.29) is 17.2 Å². The molecule has 1 atom stereocenters. The van der Waals surface area contributed by atoms with Gasteiger partial charge in [-0.15, -0.1) is 5.10 Å². The Balaban J connectivity index is 2.01. The van der Waals surface area contributed by atoms with Crippen molar-refractivity contribution < 1.29 is 9.15 Å². The fourth-order valence-electron chi connectivity index (χ4n) is 2.38. The molecule has 1 aromatic heterocycles. The Morgan fingerprint density at radius 3 is 2.65 bits per heavy atom. The molecule has 1 saturated heterocycles. The monoisotopic (exact) mass is 282 g/mol. The number of anilines is 1. The molecule has 0 aliphatic carbocycles. The topological polar surface area (TPSA) is 63.4 Å². The second-order valence-electron chi connectivity index (χ2n) is 7.15. The van der Waals surface area contributed by atoms with E-state index in [4.69, 9.17) is 9.15 Å². The van der Waals surface area contributed by atoms with Gasteiger partial charge in [-0.1, -0.05) is 5.10 Å². The Hall–Kier alpha value is -1.14. The van der Waals surface area contributed by atoms with Crippen LogP contribution >= 0.6 is 0 Å². The number of rotatable bonds is 3. The second-order valence-corrected chi connectivity index (χ2v) is 7.15. The lowest BCUT2D eigenvalue weighted by molar-refractivity contribution is -0.0761. The summed E-state index contributed by atoms with van der Waals surface area (Å²) in [5, 5.41) is 11.6. The summed E-state index contributed by atoms with van der Waals surface area (Å²) in [7, 11) is 0. The maximum Gasteiger partial charge on any atom is 0.318 e. The zero-order valence-corrected chi connectivity index (χ0v) is 13.4. The lowest BCUT2D eigenvalue weighted by atomic mass is 10.1. The minimum absolute atomic E-state index is 0.0318. The number of nitrogens with one attached hydrogen (secondary N) is 1. The molecular formula is C14H26N4O2. The summed E-state index contributed by atoms with van der Waals surface area (Å²) < 4.78 is 11.6. The molecule has 1 aliphatic rings. The van der Waals surface area contributed by atoms with Gasteiger partial charge in [0.2, 0.25) is 5.89 Å². The minimum Gasteiger partial charge on any atom is -0.407 e. The van der Waals surface area contributed by atoms with Crippen molar-refractivity contribution in [2.45, 2.75) is 65.3 Å². The van der Waals surface area contributed by atoms with E-state index in [1.165, 1.54) is 0 Å². The first-order valence-corrected chi connectivity index (χ1v) is 7.15. The summed E-state index contributed by atoms with van der Waals surface area (Å²) in [5.74, 6) is 0.617. The van der Waals surface area contributed by atoms with Gasteiger partial charge in [-0.05, 0) is 41.5 Å². The number of hydrogen-bond donors (Lipinski definition) is 1. The normalized spacial score (nSPS) is 23.1. The van der Waals surface area contributed by atoms with Crippen LogP contribution in [-0.4, -0.2) is 40.5 Å². The van der Waals surface area contributed by atoms with Crippen LogP contribution in [0.4, 0.5) is 6.01 Å². The van der Waals surface area contributed by atoms with Gasteiger partial charge in [-0.25, -0.2) is 0 Å². The van der Waals surface area contributed by atoms with Crippen molar-refractivity contribution in [2.24, 2.45) is 0 Å². The summed E-state index contributed by atoms with van der Waals surface area (Å²) in [6.07, 6.45) is 0.154. The lowest BCUT2D eigenvalue weighted by Gasteiger charge is -2.40. The third-order valence-electron chi connectivity index (χ3n) is 3.07. The smallest absolute Gasteiger partial charge is 0.318 e. The van der Waals surface area contributed by atoms with Crippen molar-refractivity contribution in [3.8, 4) is 0 Å². The average molecular weight is 282 g/mol. The van der Waals surface area contributed by atoms with Gasteiger partial charge in [0.25, 0.3) is 0 Å². The quantitative estimate of drug-likeness (QED) is 0.914. The zero-order valence-electron chi connectivity index (χ0n) is 13.4. The van der Waals surface area contributed by atoms with Crippen molar-refractivity contribution in [1.29, 1.82) is 0 Å². The van der Waals surface area contributed by atoms with Gasteiger partial charge < -0.3 is 19.4 Å². The van der Waals surface area contributed by atoms with Crippen LogP contribution in [0.15, 0.2) is 4.42 Å². The van der Waals surface area contributed by atoms with E-state index in [0.29, 0.717) is 18.5 Å². The molecule has 0 amide bonds. The van der Waals surface area contributed by atoms with Gasteiger partial charge in [-0.2, -0.15) is 0 Å². The molecule has 114 valence electrons. The fraction of sp³-hybridized carbons (Fsp3) is 0.857. The second kappa shape index (κ2) is 5.33. The van der Waals surface area contributed by atoms with Gasteiger partial charge in [0.1, 0.15) is 0 Å². The molecule has 6 heteroatoms. The van der Waals surface area contributed by atoms with Crippen LogP contribution in [0.5, 0.6) is 0 Å². The number of nitrogens with zero attached hydrogens (tertiary/aromatic N) is 3. The maximum atomic E-state index is 5.88. The molecule has 6 nitrogen and oxygen atoms in total. The van der Waals surface area contributed by atoms with Crippen LogP contribution in [0.25, 0.3) is 0 Å². The van der Waals surface area contributed by atoms with E-state index >= 15 is 0 Å². The van der Waals surface area contributed by atoms with E-state index in [1.807, 2.05) is 0 Å². The first kappa shape index (κ1) is 15.3. The van der Waals surface area contributed by atoms with Gasteiger partial charge in [0.15, 0.2) is 0 Å². The van der Waals surface area contributed by atoms with Crippen LogP contribution in [0.1, 0.15) is 47.4 Å². The highest BCUT2D eigenvalue weighted by Crippen LogP contribution is 2.25. The number of ether oxygens (including phenoxy) is 1. The predicted octanol–water partition coefficient (Wildman–Crippen LogP) is 1.96.